The van der Waals surface area contributed by atoms with E-state index in [2.05, 4.69) is 12.2 Å². The monoisotopic (exact) mass is 301 g/mol. The second-order valence-corrected chi connectivity index (χ2v) is 7.52. The van der Waals surface area contributed by atoms with Crippen molar-refractivity contribution in [1.82, 2.24) is 0 Å². The first-order valence-electron chi connectivity index (χ1n) is 7.85. The van der Waals surface area contributed by atoms with Crippen molar-refractivity contribution in [3.05, 3.63) is 41.7 Å². The van der Waals surface area contributed by atoms with E-state index < -0.39 is 5.60 Å². The molecule has 0 aromatic heterocycles. The summed E-state index contributed by atoms with van der Waals surface area (Å²) in [4.78, 5) is 14.4. The average molecular weight is 301 g/mol. The Kier molecular flexibility index (Phi) is 2.72. The number of amides is 1. The van der Waals surface area contributed by atoms with Crippen molar-refractivity contribution >= 4 is 11.8 Å². The van der Waals surface area contributed by atoms with Gasteiger partial charge in [-0.15, -0.1) is 0 Å². The van der Waals surface area contributed by atoms with Crippen molar-refractivity contribution < 1.29 is 13.9 Å². The molecule has 1 fully saturated rings. The Morgan fingerprint density at radius 1 is 1.27 bits per heavy atom. The molecule has 1 aromatic carbocycles. The highest BCUT2D eigenvalue weighted by Gasteiger charge is 2.55. The normalized spacial score (nSPS) is 31.4. The van der Waals surface area contributed by atoms with Crippen LogP contribution in [0.3, 0.4) is 0 Å². The largest absolute Gasteiger partial charge is 0.443 e. The molecule has 2 bridgehead atoms. The molecule has 0 spiro atoms. The molecule has 3 aliphatic rings. The minimum absolute atomic E-state index is 0.0710. The van der Waals surface area contributed by atoms with Crippen LogP contribution in [0.1, 0.15) is 38.7 Å². The van der Waals surface area contributed by atoms with Crippen molar-refractivity contribution in [3.8, 4) is 0 Å². The molecule has 22 heavy (non-hydrogen) atoms. The van der Waals surface area contributed by atoms with E-state index in [1.54, 1.807) is 4.90 Å². The number of halogens is 1. The van der Waals surface area contributed by atoms with Crippen LogP contribution in [0.15, 0.2) is 30.4 Å². The molecule has 0 saturated heterocycles. The number of carbonyl (C=O) groups is 1. The fraction of sp³-hybridized carbons (Fsp3) is 0.500. The third-order valence-electron chi connectivity index (χ3n) is 4.92. The standard InChI is InChI=1S/C18H20FNO2/c1-18(2,3)22-17(21)20-14-9-12(19)6-7-13(14)15-10-4-5-11(8-10)16(15)20/h4-7,9-11,15-16H,8H2,1-3H3. The van der Waals surface area contributed by atoms with Gasteiger partial charge >= 0.3 is 6.09 Å². The highest BCUT2D eigenvalue weighted by Crippen LogP contribution is 2.58. The minimum atomic E-state index is -0.559. The van der Waals surface area contributed by atoms with Gasteiger partial charge in [0, 0.05) is 5.92 Å². The lowest BCUT2D eigenvalue weighted by molar-refractivity contribution is 0.0563. The molecule has 4 unspecified atom stereocenters. The third kappa shape index (κ3) is 1.89. The molecule has 1 aliphatic heterocycles. The molecular weight excluding hydrogens is 281 g/mol. The Morgan fingerprint density at radius 3 is 2.73 bits per heavy atom. The van der Waals surface area contributed by atoms with Gasteiger partial charge in [0.05, 0.1) is 11.7 Å². The first kappa shape index (κ1) is 13.8. The van der Waals surface area contributed by atoms with Crippen LogP contribution < -0.4 is 4.90 Å². The summed E-state index contributed by atoms with van der Waals surface area (Å²) < 4.78 is 19.3. The Bertz CT molecular complexity index is 676. The molecular formula is C18H20FNO2. The molecule has 4 atom stereocenters. The second kappa shape index (κ2) is 4.34. The van der Waals surface area contributed by atoms with Crippen LogP contribution in [0.2, 0.25) is 0 Å². The van der Waals surface area contributed by atoms with Gasteiger partial charge in [0.1, 0.15) is 11.4 Å². The molecule has 0 N–H and O–H groups in total. The van der Waals surface area contributed by atoms with Crippen LogP contribution >= 0.6 is 0 Å². The maximum atomic E-state index is 13.7. The first-order chi connectivity index (χ1) is 10.3. The first-order valence-corrected chi connectivity index (χ1v) is 7.85. The van der Waals surface area contributed by atoms with Crippen LogP contribution in [0, 0.1) is 17.7 Å². The topological polar surface area (TPSA) is 29.5 Å². The zero-order valence-corrected chi connectivity index (χ0v) is 13.0. The SMILES string of the molecule is CC(C)(C)OC(=O)N1c2cc(F)ccc2C2C3C=CC(C3)C21. The number of hydrogen-bond donors (Lipinski definition) is 0. The van der Waals surface area contributed by atoms with E-state index in [0.717, 1.165) is 12.0 Å². The van der Waals surface area contributed by atoms with Gasteiger partial charge in [-0.2, -0.15) is 0 Å². The zero-order chi connectivity index (χ0) is 15.6. The summed E-state index contributed by atoms with van der Waals surface area (Å²) in [5.74, 6) is 0.760. The number of fused-ring (bicyclic) bond motifs is 7. The Balaban J connectivity index is 1.78. The number of rotatable bonds is 0. The van der Waals surface area contributed by atoms with E-state index in [0.29, 0.717) is 17.5 Å². The van der Waals surface area contributed by atoms with Crippen LogP contribution in [-0.4, -0.2) is 17.7 Å². The lowest BCUT2D eigenvalue weighted by Gasteiger charge is -2.32. The third-order valence-corrected chi connectivity index (χ3v) is 4.92. The number of allylic oxidation sites excluding steroid dienone is 1. The van der Waals surface area contributed by atoms with Crippen LogP contribution in [0.4, 0.5) is 14.9 Å². The van der Waals surface area contributed by atoms with Gasteiger partial charge in [0.25, 0.3) is 0 Å². The highest BCUT2D eigenvalue weighted by molar-refractivity contribution is 5.92. The summed E-state index contributed by atoms with van der Waals surface area (Å²) in [5.41, 5.74) is 1.20. The van der Waals surface area contributed by atoms with E-state index in [9.17, 15) is 9.18 Å². The predicted molar refractivity (Wildman–Crippen MR) is 82.4 cm³/mol. The summed E-state index contributed by atoms with van der Waals surface area (Å²) in [6.45, 7) is 5.56. The number of hydrogen-bond acceptors (Lipinski definition) is 2. The lowest BCUT2D eigenvalue weighted by Crippen LogP contribution is -2.44. The van der Waals surface area contributed by atoms with Crippen molar-refractivity contribution in [1.29, 1.82) is 0 Å². The van der Waals surface area contributed by atoms with Crippen molar-refractivity contribution in [3.63, 3.8) is 0 Å². The summed E-state index contributed by atoms with van der Waals surface area (Å²) in [6, 6.07) is 4.87. The fourth-order valence-corrected chi connectivity index (χ4v) is 4.26. The van der Waals surface area contributed by atoms with Crippen molar-refractivity contribution in [2.24, 2.45) is 11.8 Å². The maximum Gasteiger partial charge on any atom is 0.415 e. The van der Waals surface area contributed by atoms with Crippen LogP contribution in [-0.2, 0) is 4.74 Å². The van der Waals surface area contributed by atoms with Gasteiger partial charge in [-0.25, -0.2) is 9.18 Å². The maximum absolute atomic E-state index is 13.7. The summed E-state index contributed by atoms with van der Waals surface area (Å²) >= 11 is 0. The molecule has 3 nitrogen and oxygen atoms in total. The van der Waals surface area contributed by atoms with Gasteiger partial charge in [-0.05, 0) is 56.7 Å². The minimum Gasteiger partial charge on any atom is -0.443 e. The average Bonchev–Trinajstić information content (AvgIpc) is 3.05. The predicted octanol–water partition coefficient (Wildman–Crippen LogP) is 4.24. The van der Waals surface area contributed by atoms with Gasteiger partial charge in [-0.3, -0.25) is 4.90 Å². The fourth-order valence-electron chi connectivity index (χ4n) is 4.26. The number of anilines is 1. The van der Waals surface area contributed by atoms with Crippen LogP contribution in [0.25, 0.3) is 0 Å². The summed E-state index contributed by atoms with van der Waals surface area (Å²) in [6.07, 6.45) is 5.15. The quantitative estimate of drug-likeness (QED) is 0.671. The second-order valence-electron chi connectivity index (χ2n) is 7.52. The van der Waals surface area contributed by atoms with E-state index in [4.69, 9.17) is 4.74 Å². The Morgan fingerprint density at radius 2 is 2.00 bits per heavy atom. The molecule has 1 heterocycles. The number of benzene rings is 1. The van der Waals surface area contributed by atoms with Gasteiger partial charge in [-0.1, -0.05) is 18.2 Å². The molecule has 1 saturated carbocycles. The molecule has 4 rings (SSSR count). The summed E-state index contributed by atoms with van der Waals surface area (Å²) in [7, 11) is 0. The van der Waals surface area contributed by atoms with Gasteiger partial charge < -0.3 is 4.74 Å². The van der Waals surface area contributed by atoms with Gasteiger partial charge in [0.2, 0.25) is 0 Å². The van der Waals surface area contributed by atoms with Crippen molar-refractivity contribution in [2.45, 2.75) is 44.8 Å². The molecule has 1 aromatic rings. The molecule has 4 heteroatoms. The molecule has 1 amide bonds. The molecule has 116 valence electrons. The highest BCUT2D eigenvalue weighted by atomic mass is 19.1. The van der Waals surface area contributed by atoms with E-state index in [-0.39, 0.29) is 23.9 Å². The Hall–Kier alpha value is -1.84. The van der Waals surface area contributed by atoms with Crippen molar-refractivity contribution in [2.75, 3.05) is 4.90 Å². The van der Waals surface area contributed by atoms with Crippen LogP contribution in [0.5, 0.6) is 0 Å². The zero-order valence-electron chi connectivity index (χ0n) is 13.0. The smallest absolute Gasteiger partial charge is 0.415 e. The van der Waals surface area contributed by atoms with E-state index >= 15 is 0 Å². The number of carbonyl (C=O) groups excluding carboxylic acids is 1. The lowest BCUT2D eigenvalue weighted by atomic mass is 9.86. The van der Waals surface area contributed by atoms with E-state index in [1.807, 2.05) is 26.8 Å². The number of nitrogens with zero attached hydrogens (tertiary/aromatic N) is 1. The molecule has 2 aliphatic carbocycles. The van der Waals surface area contributed by atoms with E-state index in [1.165, 1.54) is 12.1 Å². The van der Waals surface area contributed by atoms with Gasteiger partial charge in [0.15, 0.2) is 0 Å². The number of ether oxygens (including phenoxy) is 1. The summed E-state index contributed by atoms with van der Waals surface area (Å²) in [5, 5.41) is 0. The molecule has 0 radical (unpaired) electrons. The Labute approximate surface area is 129 Å².